The fourth-order valence-electron chi connectivity index (χ4n) is 3.63. The third kappa shape index (κ3) is 2.86. The summed E-state index contributed by atoms with van der Waals surface area (Å²) in [5.74, 6) is -0.183. The number of benzene rings is 1. The summed E-state index contributed by atoms with van der Waals surface area (Å²) in [6.07, 6.45) is -0.704. The van der Waals surface area contributed by atoms with E-state index in [1.54, 1.807) is 24.3 Å². The fourth-order valence-corrected chi connectivity index (χ4v) is 3.63. The van der Waals surface area contributed by atoms with E-state index in [-0.39, 0.29) is 17.6 Å². The summed E-state index contributed by atoms with van der Waals surface area (Å²) in [6.45, 7) is 4.18. The summed E-state index contributed by atoms with van der Waals surface area (Å²) in [5, 5.41) is 13.1. The average Bonchev–Trinajstić information content (AvgIpc) is 3.14. The molecule has 142 valence electrons. The maximum Gasteiger partial charge on any atom is 0.351 e. The second kappa shape index (κ2) is 6.56. The van der Waals surface area contributed by atoms with Crippen LogP contribution in [0.2, 0.25) is 0 Å². The molecule has 3 heterocycles. The molecule has 2 N–H and O–H groups in total. The van der Waals surface area contributed by atoms with E-state index < -0.39 is 29.7 Å². The second-order valence-corrected chi connectivity index (χ2v) is 7.16. The second-order valence-electron chi connectivity index (χ2n) is 7.16. The van der Waals surface area contributed by atoms with E-state index >= 15 is 0 Å². The lowest BCUT2D eigenvalue weighted by molar-refractivity contribution is -0.190. The molecule has 2 aliphatic rings. The highest BCUT2D eigenvalue weighted by molar-refractivity contribution is 6.03. The minimum absolute atomic E-state index is 0.0237. The highest BCUT2D eigenvalue weighted by Gasteiger charge is 2.63. The van der Waals surface area contributed by atoms with E-state index in [0.29, 0.717) is 12.2 Å². The van der Waals surface area contributed by atoms with Gasteiger partial charge >= 0.3 is 5.69 Å². The number of amides is 1. The number of hydrogen-bond acceptors (Lipinski definition) is 6. The zero-order valence-corrected chi connectivity index (χ0v) is 15.0. The molecule has 0 spiro atoms. The van der Waals surface area contributed by atoms with Gasteiger partial charge in [0.2, 0.25) is 0 Å². The largest absolute Gasteiger partial charge is 0.387 e. The van der Waals surface area contributed by atoms with Crippen LogP contribution in [0.4, 0.5) is 5.82 Å². The SMILES string of the molecule is CC(C)[C@@]12CO[C@@H]([C@H](n3ccc(NC(=O)c4ccccc4)nc3=O)O1)[C@@H]2O. The first-order valence-corrected chi connectivity index (χ1v) is 8.85. The number of aliphatic hydroxyl groups is 1. The Morgan fingerprint density at radius 1 is 1.33 bits per heavy atom. The molecule has 1 amide bonds. The number of carbonyl (C=O) groups excluding carboxylic acids is 1. The first kappa shape index (κ1) is 17.8. The molecular weight excluding hydrogens is 350 g/mol. The molecule has 0 radical (unpaired) electrons. The van der Waals surface area contributed by atoms with Crippen molar-refractivity contribution in [1.29, 1.82) is 0 Å². The van der Waals surface area contributed by atoms with E-state index in [0.717, 1.165) is 0 Å². The molecule has 27 heavy (non-hydrogen) atoms. The maximum atomic E-state index is 12.5. The van der Waals surface area contributed by atoms with E-state index in [2.05, 4.69) is 10.3 Å². The molecule has 4 rings (SSSR count). The Labute approximate surface area is 155 Å². The summed E-state index contributed by atoms with van der Waals surface area (Å²) in [7, 11) is 0. The van der Waals surface area contributed by atoms with Gasteiger partial charge in [-0.25, -0.2) is 4.79 Å². The molecule has 2 saturated heterocycles. The van der Waals surface area contributed by atoms with Crippen LogP contribution < -0.4 is 11.0 Å². The molecule has 2 aliphatic heterocycles. The molecule has 8 nitrogen and oxygen atoms in total. The van der Waals surface area contributed by atoms with Gasteiger partial charge in [0.25, 0.3) is 5.91 Å². The van der Waals surface area contributed by atoms with Crippen molar-refractivity contribution in [2.24, 2.45) is 5.92 Å². The third-order valence-corrected chi connectivity index (χ3v) is 5.29. The van der Waals surface area contributed by atoms with Crippen LogP contribution in [0.25, 0.3) is 0 Å². The van der Waals surface area contributed by atoms with Crippen LogP contribution in [-0.4, -0.2) is 45.0 Å². The van der Waals surface area contributed by atoms with Crippen LogP contribution >= 0.6 is 0 Å². The van der Waals surface area contributed by atoms with Crippen LogP contribution in [0.3, 0.4) is 0 Å². The lowest BCUT2D eigenvalue weighted by Gasteiger charge is -2.34. The highest BCUT2D eigenvalue weighted by Crippen LogP contribution is 2.48. The number of carbonyl (C=O) groups is 1. The summed E-state index contributed by atoms with van der Waals surface area (Å²) in [5.41, 5.74) is -0.946. The van der Waals surface area contributed by atoms with Crippen molar-refractivity contribution < 1.29 is 19.4 Å². The Kier molecular flexibility index (Phi) is 4.33. The summed E-state index contributed by atoms with van der Waals surface area (Å²) in [4.78, 5) is 28.6. The molecule has 1 aromatic heterocycles. The van der Waals surface area contributed by atoms with Crippen molar-refractivity contribution in [3.8, 4) is 0 Å². The number of aromatic nitrogens is 2. The number of fused-ring (bicyclic) bond motifs is 2. The van der Waals surface area contributed by atoms with Crippen LogP contribution in [0, 0.1) is 5.92 Å². The Balaban J connectivity index is 1.55. The molecule has 8 heteroatoms. The summed E-state index contributed by atoms with van der Waals surface area (Å²) < 4.78 is 13.0. The molecule has 2 fully saturated rings. The van der Waals surface area contributed by atoms with E-state index in [4.69, 9.17) is 9.47 Å². The first-order chi connectivity index (χ1) is 12.9. The smallest absolute Gasteiger partial charge is 0.351 e. The van der Waals surface area contributed by atoms with Crippen LogP contribution in [0.1, 0.15) is 30.4 Å². The molecule has 0 saturated carbocycles. The average molecular weight is 371 g/mol. The highest BCUT2D eigenvalue weighted by atomic mass is 16.6. The van der Waals surface area contributed by atoms with Gasteiger partial charge in [0.15, 0.2) is 6.23 Å². The van der Waals surface area contributed by atoms with Crippen molar-refractivity contribution in [2.75, 3.05) is 11.9 Å². The molecular formula is C19H21N3O5. The lowest BCUT2D eigenvalue weighted by Crippen LogP contribution is -2.45. The molecule has 2 bridgehead atoms. The van der Waals surface area contributed by atoms with Crippen molar-refractivity contribution in [1.82, 2.24) is 9.55 Å². The van der Waals surface area contributed by atoms with Crippen LogP contribution in [0.5, 0.6) is 0 Å². The van der Waals surface area contributed by atoms with Crippen molar-refractivity contribution in [3.63, 3.8) is 0 Å². The molecule has 2 aromatic rings. The van der Waals surface area contributed by atoms with Gasteiger partial charge in [-0.15, -0.1) is 0 Å². The normalized spacial score (nSPS) is 29.3. The van der Waals surface area contributed by atoms with Crippen molar-refractivity contribution >= 4 is 11.7 Å². The van der Waals surface area contributed by atoms with Crippen molar-refractivity contribution in [3.05, 3.63) is 58.6 Å². The third-order valence-electron chi connectivity index (χ3n) is 5.29. The minimum atomic E-state index is -0.824. The quantitative estimate of drug-likeness (QED) is 0.837. The summed E-state index contributed by atoms with van der Waals surface area (Å²) in [6, 6.07) is 10.2. The number of ether oxygens (including phenoxy) is 2. The van der Waals surface area contributed by atoms with Gasteiger partial charge in [-0.2, -0.15) is 4.98 Å². The minimum Gasteiger partial charge on any atom is -0.387 e. The van der Waals surface area contributed by atoms with Gasteiger partial charge in [0, 0.05) is 11.8 Å². The Morgan fingerprint density at radius 2 is 2.07 bits per heavy atom. The van der Waals surface area contributed by atoms with Crippen LogP contribution in [0.15, 0.2) is 47.4 Å². The Morgan fingerprint density at radius 3 is 2.70 bits per heavy atom. The zero-order valence-electron chi connectivity index (χ0n) is 15.0. The Bertz CT molecular complexity index is 913. The number of nitrogens with zero attached hydrogens (tertiary/aromatic N) is 2. The van der Waals surface area contributed by atoms with E-state index in [9.17, 15) is 14.7 Å². The van der Waals surface area contributed by atoms with Gasteiger partial charge in [0.05, 0.1) is 6.61 Å². The number of anilines is 1. The number of hydrogen-bond donors (Lipinski definition) is 2. The van der Waals surface area contributed by atoms with Gasteiger partial charge in [-0.05, 0) is 24.1 Å². The van der Waals surface area contributed by atoms with Crippen LogP contribution in [-0.2, 0) is 9.47 Å². The lowest BCUT2D eigenvalue weighted by atomic mass is 9.87. The zero-order chi connectivity index (χ0) is 19.2. The number of nitrogens with one attached hydrogen (secondary N) is 1. The van der Waals surface area contributed by atoms with E-state index in [1.807, 2.05) is 19.9 Å². The molecule has 0 unspecified atom stereocenters. The van der Waals surface area contributed by atoms with Crippen molar-refractivity contribution in [2.45, 2.75) is 37.9 Å². The predicted molar refractivity (Wildman–Crippen MR) is 96.3 cm³/mol. The maximum absolute atomic E-state index is 12.5. The van der Waals surface area contributed by atoms with Gasteiger partial charge in [-0.3, -0.25) is 9.36 Å². The summed E-state index contributed by atoms with van der Waals surface area (Å²) >= 11 is 0. The molecule has 0 aliphatic carbocycles. The number of rotatable bonds is 4. The first-order valence-electron chi connectivity index (χ1n) is 8.85. The Hall–Kier alpha value is -2.55. The van der Waals surface area contributed by atoms with Gasteiger partial charge in [0.1, 0.15) is 23.6 Å². The standard InChI is InChI=1S/C19H21N3O5/c1-11(2)19-10-26-14(15(19)23)17(27-19)22-9-8-13(21-18(22)25)20-16(24)12-6-4-3-5-7-12/h3-9,11,14-15,17,23H,10H2,1-2H3,(H,20,21,24,25)/t14-,15+,17-,19-/m1/s1. The van der Waals surface area contributed by atoms with Gasteiger partial charge < -0.3 is 19.9 Å². The molecule has 1 aromatic carbocycles. The van der Waals surface area contributed by atoms with Gasteiger partial charge in [-0.1, -0.05) is 32.0 Å². The molecule has 4 atom stereocenters. The fraction of sp³-hybridized carbons (Fsp3) is 0.421. The monoisotopic (exact) mass is 371 g/mol. The predicted octanol–water partition coefficient (Wildman–Crippen LogP) is 1.18. The topological polar surface area (TPSA) is 103 Å². The van der Waals surface area contributed by atoms with E-state index in [1.165, 1.54) is 16.8 Å². The number of aliphatic hydroxyl groups excluding tert-OH is 1.